The lowest BCUT2D eigenvalue weighted by Crippen LogP contribution is -2.40. The predicted octanol–water partition coefficient (Wildman–Crippen LogP) is 1.41. The van der Waals surface area contributed by atoms with E-state index < -0.39 is 0 Å². The molecule has 0 aromatic rings. The molecule has 0 bridgehead atoms. The minimum absolute atomic E-state index is 0.134. The molecule has 1 fully saturated rings. The van der Waals surface area contributed by atoms with E-state index >= 15 is 0 Å². The Hall–Kier alpha value is -0.0800. The van der Waals surface area contributed by atoms with Crippen molar-refractivity contribution in [2.45, 2.75) is 32.3 Å². The van der Waals surface area contributed by atoms with Gasteiger partial charge in [0.1, 0.15) is 0 Å². The Morgan fingerprint density at radius 2 is 2.36 bits per heavy atom. The normalized spacial score (nSPS) is 34.1. The van der Waals surface area contributed by atoms with Crippen molar-refractivity contribution in [3.05, 3.63) is 0 Å². The SMILES string of the molecule is CCC(C)C1(OC)CCNC1. The van der Waals surface area contributed by atoms with Gasteiger partial charge >= 0.3 is 0 Å². The first-order chi connectivity index (χ1) is 5.25. The maximum Gasteiger partial charge on any atom is 0.0839 e. The Labute approximate surface area is 69.3 Å². The van der Waals surface area contributed by atoms with Crippen LogP contribution < -0.4 is 5.32 Å². The van der Waals surface area contributed by atoms with Crippen LogP contribution in [0.25, 0.3) is 0 Å². The molecule has 11 heavy (non-hydrogen) atoms. The fourth-order valence-electron chi connectivity index (χ4n) is 1.86. The van der Waals surface area contributed by atoms with Gasteiger partial charge in [-0.3, -0.25) is 0 Å². The van der Waals surface area contributed by atoms with Crippen molar-refractivity contribution < 1.29 is 4.74 Å². The lowest BCUT2D eigenvalue weighted by molar-refractivity contribution is -0.0374. The smallest absolute Gasteiger partial charge is 0.0839 e. The zero-order valence-electron chi connectivity index (χ0n) is 7.81. The summed E-state index contributed by atoms with van der Waals surface area (Å²) in [6.45, 7) is 6.64. The average molecular weight is 157 g/mol. The summed E-state index contributed by atoms with van der Waals surface area (Å²) < 4.78 is 5.59. The third-order valence-corrected chi connectivity index (χ3v) is 3.07. The van der Waals surface area contributed by atoms with Gasteiger partial charge < -0.3 is 10.1 Å². The van der Waals surface area contributed by atoms with E-state index in [2.05, 4.69) is 19.2 Å². The van der Waals surface area contributed by atoms with E-state index in [1.807, 2.05) is 7.11 Å². The molecular formula is C9H19NO. The molecule has 2 atom stereocenters. The molecule has 66 valence electrons. The summed E-state index contributed by atoms with van der Waals surface area (Å²) in [5.74, 6) is 0.669. The fraction of sp³-hybridized carbons (Fsp3) is 1.00. The first-order valence-corrected chi connectivity index (χ1v) is 4.51. The van der Waals surface area contributed by atoms with E-state index in [1.54, 1.807) is 0 Å². The number of methoxy groups -OCH3 is 1. The van der Waals surface area contributed by atoms with Crippen LogP contribution in [0.1, 0.15) is 26.7 Å². The summed E-state index contributed by atoms with van der Waals surface area (Å²) in [6, 6.07) is 0. The van der Waals surface area contributed by atoms with Crippen molar-refractivity contribution in [1.82, 2.24) is 5.32 Å². The molecule has 0 aliphatic carbocycles. The second kappa shape index (κ2) is 3.55. The molecule has 0 aromatic carbocycles. The highest BCUT2D eigenvalue weighted by atomic mass is 16.5. The Bertz CT molecular complexity index is 119. The molecule has 2 nitrogen and oxygen atoms in total. The second-order valence-electron chi connectivity index (χ2n) is 3.50. The lowest BCUT2D eigenvalue weighted by Gasteiger charge is -2.32. The predicted molar refractivity (Wildman–Crippen MR) is 46.7 cm³/mol. The van der Waals surface area contributed by atoms with Gasteiger partial charge in [0.25, 0.3) is 0 Å². The summed E-state index contributed by atoms with van der Waals surface area (Å²) in [4.78, 5) is 0. The van der Waals surface area contributed by atoms with Gasteiger partial charge in [-0.2, -0.15) is 0 Å². The van der Waals surface area contributed by atoms with Crippen LogP contribution in [0.4, 0.5) is 0 Å². The average Bonchev–Trinajstić information content (AvgIpc) is 2.52. The Balaban J connectivity index is 2.58. The molecule has 1 aliphatic rings. The summed E-state index contributed by atoms with van der Waals surface area (Å²) >= 11 is 0. The molecule has 1 rings (SSSR count). The monoisotopic (exact) mass is 157 g/mol. The van der Waals surface area contributed by atoms with E-state index in [9.17, 15) is 0 Å². The van der Waals surface area contributed by atoms with Crippen molar-refractivity contribution in [3.8, 4) is 0 Å². The minimum Gasteiger partial charge on any atom is -0.377 e. The van der Waals surface area contributed by atoms with Gasteiger partial charge in [0.15, 0.2) is 0 Å². The fourth-order valence-corrected chi connectivity index (χ4v) is 1.86. The van der Waals surface area contributed by atoms with Gasteiger partial charge in [-0.05, 0) is 18.9 Å². The quantitative estimate of drug-likeness (QED) is 0.669. The van der Waals surface area contributed by atoms with Crippen LogP contribution in [0, 0.1) is 5.92 Å². The number of ether oxygens (including phenoxy) is 1. The second-order valence-corrected chi connectivity index (χ2v) is 3.50. The standard InChI is InChI=1S/C9H19NO/c1-4-8(2)9(11-3)5-6-10-7-9/h8,10H,4-7H2,1-3H3. The summed E-state index contributed by atoms with van der Waals surface area (Å²) in [7, 11) is 1.83. The topological polar surface area (TPSA) is 21.3 Å². The van der Waals surface area contributed by atoms with E-state index in [-0.39, 0.29) is 5.60 Å². The summed E-state index contributed by atoms with van der Waals surface area (Å²) in [6.07, 6.45) is 2.37. The largest absolute Gasteiger partial charge is 0.377 e. The van der Waals surface area contributed by atoms with Crippen LogP contribution in [0.5, 0.6) is 0 Å². The van der Waals surface area contributed by atoms with Crippen LogP contribution in [0.15, 0.2) is 0 Å². The van der Waals surface area contributed by atoms with Crippen molar-refractivity contribution in [3.63, 3.8) is 0 Å². The van der Waals surface area contributed by atoms with Crippen LogP contribution in [0.3, 0.4) is 0 Å². The molecule has 1 N–H and O–H groups in total. The molecular weight excluding hydrogens is 138 g/mol. The molecule has 1 saturated heterocycles. The molecule has 2 heteroatoms. The van der Waals surface area contributed by atoms with Crippen molar-refractivity contribution >= 4 is 0 Å². The Morgan fingerprint density at radius 3 is 2.73 bits per heavy atom. The van der Waals surface area contributed by atoms with Gasteiger partial charge in [0, 0.05) is 13.7 Å². The van der Waals surface area contributed by atoms with Crippen molar-refractivity contribution in [1.29, 1.82) is 0 Å². The van der Waals surface area contributed by atoms with E-state index in [0.717, 1.165) is 13.1 Å². The van der Waals surface area contributed by atoms with Crippen molar-refractivity contribution in [2.75, 3.05) is 20.2 Å². The van der Waals surface area contributed by atoms with E-state index in [1.165, 1.54) is 12.8 Å². The zero-order chi connectivity index (χ0) is 8.32. The molecule has 2 unspecified atom stereocenters. The van der Waals surface area contributed by atoms with Crippen LogP contribution >= 0.6 is 0 Å². The van der Waals surface area contributed by atoms with E-state index in [0.29, 0.717) is 5.92 Å². The third kappa shape index (κ3) is 1.57. The number of hydrogen-bond donors (Lipinski definition) is 1. The maximum atomic E-state index is 5.59. The Kier molecular flexibility index (Phi) is 2.90. The molecule has 0 spiro atoms. The van der Waals surface area contributed by atoms with Crippen molar-refractivity contribution in [2.24, 2.45) is 5.92 Å². The Morgan fingerprint density at radius 1 is 1.64 bits per heavy atom. The molecule has 1 heterocycles. The number of rotatable bonds is 3. The van der Waals surface area contributed by atoms with Gasteiger partial charge in [0.05, 0.1) is 5.60 Å². The van der Waals surface area contributed by atoms with Crippen LogP contribution in [-0.4, -0.2) is 25.8 Å². The summed E-state index contributed by atoms with van der Waals surface area (Å²) in [5, 5.41) is 3.35. The van der Waals surface area contributed by atoms with Crippen LogP contribution in [-0.2, 0) is 4.74 Å². The maximum absolute atomic E-state index is 5.59. The van der Waals surface area contributed by atoms with Gasteiger partial charge in [-0.15, -0.1) is 0 Å². The third-order valence-electron chi connectivity index (χ3n) is 3.07. The first kappa shape index (κ1) is 9.01. The molecule has 0 amide bonds. The lowest BCUT2D eigenvalue weighted by atomic mass is 9.86. The highest BCUT2D eigenvalue weighted by Gasteiger charge is 2.37. The number of hydrogen-bond acceptors (Lipinski definition) is 2. The molecule has 1 aliphatic heterocycles. The minimum atomic E-state index is 0.134. The number of nitrogens with one attached hydrogen (secondary N) is 1. The van der Waals surface area contributed by atoms with Gasteiger partial charge in [-0.1, -0.05) is 20.3 Å². The molecule has 0 radical (unpaired) electrons. The first-order valence-electron chi connectivity index (χ1n) is 4.51. The summed E-state index contributed by atoms with van der Waals surface area (Å²) in [5.41, 5.74) is 0.134. The zero-order valence-corrected chi connectivity index (χ0v) is 7.81. The van der Waals surface area contributed by atoms with Gasteiger partial charge in [0.2, 0.25) is 0 Å². The van der Waals surface area contributed by atoms with Gasteiger partial charge in [-0.25, -0.2) is 0 Å². The highest BCUT2D eigenvalue weighted by Crippen LogP contribution is 2.29. The van der Waals surface area contributed by atoms with Crippen LogP contribution in [0.2, 0.25) is 0 Å². The van der Waals surface area contributed by atoms with E-state index in [4.69, 9.17) is 4.74 Å². The molecule has 0 saturated carbocycles. The highest BCUT2D eigenvalue weighted by molar-refractivity contribution is 4.92. The molecule has 0 aromatic heterocycles.